The lowest BCUT2D eigenvalue weighted by atomic mass is 10.2. The lowest BCUT2D eigenvalue weighted by molar-refractivity contribution is -0.383. The van der Waals surface area contributed by atoms with Gasteiger partial charge in [0.05, 0.1) is 20.1 Å². The Bertz CT molecular complexity index is 627. The Balaban J connectivity index is 2.25. The van der Waals surface area contributed by atoms with E-state index in [2.05, 4.69) is 23.5 Å². The minimum absolute atomic E-state index is 0.123. The van der Waals surface area contributed by atoms with E-state index in [9.17, 15) is 10.1 Å². The topological polar surface area (TPSA) is 68.1 Å². The highest BCUT2D eigenvalue weighted by Gasteiger charge is 2.17. The number of thioether (sulfide) groups is 1. The number of aromatic nitrogens is 1. The van der Waals surface area contributed by atoms with Crippen LogP contribution in [0.4, 0.5) is 11.4 Å². The number of nitrogens with one attached hydrogen (secondary N) is 1. The highest BCUT2D eigenvalue weighted by Crippen LogP contribution is 2.33. The molecule has 0 radical (unpaired) electrons. The summed E-state index contributed by atoms with van der Waals surface area (Å²) in [5, 5.41) is 15.8. The van der Waals surface area contributed by atoms with Gasteiger partial charge in [0.2, 0.25) is 0 Å². The van der Waals surface area contributed by atoms with Crippen molar-refractivity contribution < 1.29 is 4.92 Å². The van der Waals surface area contributed by atoms with Gasteiger partial charge in [-0.15, -0.1) is 11.3 Å². The number of nitrogens with zero attached hydrogens (tertiary/aromatic N) is 2. The standard InChI is InChI=1S/C13H17N3O2S2/c1-8(19-3)4-5-14-10-6-11-13(20-9(2)15-11)7-12(10)16(17)18/h6-8,14H,4-5H2,1-3H3. The minimum atomic E-state index is -0.338. The summed E-state index contributed by atoms with van der Waals surface area (Å²) in [6.07, 6.45) is 3.03. The van der Waals surface area contributed by atoms with Gasteiger partial charge < -0.3 is 5.32 Å². The number of nitro groups is 1. The third kappa shape index (κ3) is 3.40. The van der Waals surface area contributed by atoms with Crippen LogP contribution in [0.15, 0.2) is 12.1 Å². The molecule has 5 nitrogen and oxygen atoms in total. The molecule has 0 aliphatic rings. The number of hydrogen-bond acceptors (Lipinski definition) is 6. The number of benzene rings is 1. The van der Waals surface area contributed by atoms with E-state index in [1.807, 2.05) is 6.92 Å². The largest absolute Gasteiger partial charge is 0.379 e. The Labute approximate surface area is 125 Å². The van der Waals surface area contributed by atoms with Gasteiger partial charge in [0.25, 0.3) is 5.69 Å². The predicted octanol–water partition coefficient (Wildman–Crippen LogP) is 4.07. The van der Waals surface area contributed by atoms with Crippen LogP contribution in [0.3, 0.4) is 0 Å². The first-order valence-corrected chi connectivity index (χ1v) is 8.44. The zero-order chi connectivity index (χ0) is 14.7. The van der Waals surface area contributed by atoms with Crippen LogP contribution in [0.1, 0.15) is 18.4 Å². The van der Waals surface area contributed by atoms with E-state index in [4.69, 9.17) is 0 Å². The van der Waals surface area contributed by atoms with Gasteiger partial charge in [0.1, 0.15) is 5.69 Å². The van der Waals surface area contributed by atoms with Crippen LogP contribution in [0.25, 0.3) is 10.2 Å². The molecule has 1 N–H and O–H groups in total. The van der Waals surface area contributed by atoms with Crippen LogP contribution in [-0.2, 0) is 0 Å². The van der Waals surface area contributed by atoms with Crippen molar-refractivity contribution in [1.82, 2.24) is 4.98 Å². The number of thiazole rings is 1. The molecule has 1 unspecified atom stereocenters. The molecule has 2 aromatic rings. The normalized spacial score (nSPS) is 12.6. The highest BCUT2D eigenvalue weighted by molar-refractivity contribution is 7.99. The van der Waals surface area contributed by atoms with Gasteiger partial charge in [-0.05, 0) is 25.7 Å². The Morgan fingerprint density at radius 1 is 1.55 bits per heavy atom. The SMILES string of the molecule is CSC(C)CCNc1cc2nc(C)sc2cc1[N+](=O)[O-]. The molecular weight excluding hydrogens is 294 g/mol. The molecule has 108 valence electrons. The fourth-order valence-electron chi connectivity index (χ4n) is 1.90. The number of anilines is 1. The molecule has 0 spiro atoms. The molecule has 0 bridgehead atoms. The summed E-state index contributed by atoms with van der Waals surface area (Å²) in [6.45, 7) is 4.77. The lowest BCUT2D eigenvalue weighted by Gasteiger charge is -2.10. The molecule has 0 aliphatic carbocycles. The number of nitro benzene ring substituents is 1. The lowest BCUT2D eigenvalue weighted by Crippen LogP contribution is -2.09. The van der Waals surface area contributed by atoms with Crippen LogP contribution in [0.5, 0.6) is 0 Å². The Kier molecular flexibility index (Phi) is 4.82. The maximum atomic E-state index is 11.2. The second-order valence-corrected chi connectivity index (χ2v) is 7.10. The van der Waals surface area contributed by atoms with E-state index in [-0.39, 0.29) is 10.6 Å². The van der Waals surface area contributed by atoms with E-state index < -0.39 is 0 Å². The quantitative estimate of drug-likeness (QED) is 0.643. The number of aryl methyl sites for hydroxylation is 1. The fourth-order valence-corrected chi connectivity index (χ4v) is 3.09. The maximum Gasteiger partial charge on any atom is 0.293 e. The van der Waals surface area contributed by atoms with E-state index in [0.29, 0.717) is 10.9 Å². The van der Waals surface area contributed by atoms with Crippen LogP contribution >= 0.6 is 23.1 Å². The highest BCUT2D eigenvalue weighted by atomic mass is 32.2. The summed E-state index contributed by atoms with van der Waals surface area (Å²) in [4.78, 5) is 15.2. The molecule has 1 aromatic heterocycles. The van der Waals surface area contributed by atoms with Gasteiger partial charge in [-0.3, -0.25) is 10.1 Å². The second kappa shape index (κ2) is 6.41. The fraction of sp³-hybridized carbons (Fsp3) is 0.462. The van der Waals surface area contributed by atoms with E-state index >= 15 is 0 Å². The van der Waals surface area contributed by atoms with Crippen molar-refractivity contribution in [2.45, 2.75) is 25.5 Å². The van der Waals surface area contributed by atoms with Crippen LogP contribution in [-0.4, -0.2) is 28.0 Å². The average molecular weight is 311 g/mol. The van der Waals surface area contributed by atoms with Crippen LogP contribution < -0.4 is 5.32 Å². The zero-order valence-corrected chi connectivity index (χ0v) is 13.3. The van der Waals surface area contributed by atoms with Crippen molar-refractivity contribution >= 4 is 44.7 Å². The summed E-state index contributed by atoms with van der Waals surface area (Å²) >= 11 is 3.27. The first-order chi connectivity index (χ1) is 9.51. The Morgan fingerprint density at radius 3 is 2.95 bits per heavy atom. The molecule has 1 atom stereocenters. The molecule has 0 saturated carbocycles. The average Bonchev–Trinajstić information content (AvgIpc) is 2.76. The molecule has 0 amide bonds. The van der Waals surface area contributed by atoms with Gasteiger partial charge in [0, 0.05) is 17.9 Å². The molecule has 1 heterocycles. The molecule has 0 aliphatic heterocycles. The summed E-state index contributed by atoms with van der Waals surface area (Å²) in [5.74, 6) is 0. The maximum absolute atomic E-state index is 11.2. The van der Waals surface area contributed by atoms with Gasteiger partial charge in [-0.2, -0.15) is 11.8 Å². The molecule has 0 saturated heterocycles. The van der Waals surface area contributed by atoms with Gasteiger partial charge in [-0.25, -0.2) is 4.98 Å². The molecule has 7 heteroatoms. The number of hydrogen-bond donors (Lipinski definition) is 1. The zero-order valence-electron chi connectivity index (χ0n) is 11.7. The third-order valence-electron chi connectivity index (χ3n) is 3.08. The van der Waals surface area contributed by atoms with Crippen LogP contribution in [0.2, 0.25) is 0 Å². The summed E-state index contributed by atoms with van der Waals surface area (Å²) in [5.41, 5.74) is 1.50. The first kappa shape index (κ1) is 15.1. The summed E-state index contributed by atoms with van der Waals surface area (Å²) in [7, 11) is 0. The third-order valence-corrected chi connectivity index (χ3v) is 5.05. The molecule has 2 rings (SSSR count). The first-order valence-electron chi connectivity index (χ1n) is 6.33. The van der Waals surface area contributed by atoms with E-state index in [1.165, 1.54) is 11.3 Å². The monoisotopic (exact) mass is 311 g/mol. The van der Waals surface area contributed by atoms with Crippen molar-refractivity contribution in [3.8, 4) is 0 Å². The minimum Gasteiger partial charge on any atom is -0.379 e. The van der Waals surface area contributed by atoms with E-state index in [1.54, 1.807) is 23.9 Å². The Hall–Kier alpha value is -1.34. The van der Waals surface area contributed by atoms with Crippen molar-refractivity contribution in [2.75, 3.05) is 18.1 Å². The summed E-state index contributed by atoms with van der Waals surface area (Å²) in [6, 6.07) is 3.39. The van der Waals surface area contributed by atoms with Crippen LogP contribution in [0, 0.1) is 17.0 Å². The number of fused-ring (bicyclic) bond motifs is 1. The van der Waals surface area contributed by atoms with Crippen molar-refractivity contribution in [2.24, 2.45) is 0 Å². The molecule has 20 heavy (non-hydrogen) atoms. The summed E-state index contributed by atoms with van der Waals surface area (Å²) < 4.78 is 0.859. The van der Waals surface area contributed by atoms with Gasteiger partial charge in [-0.1, -0.05) is 6.92 Å². The van der Waals surface area contributed by atoms with Crippen molar-refractivity contribution in [1.29, 1.82) is 0 Å². The second-order valence-electron chi connectivity index (χ2n) is 4.59. The van der Waals surface area contributed by atoms with Crippen molar-refractivity contribution in [3.05, 3.63) is 27.3 Å². The predicted molar refractivity (Wildman–Crippen MR) is 87.1 cm³/mol. The molecule has 1 aromatic carbocycles. The van der Waals surface area contributed by atoms with E-state index in [0.717, 1.165) is 28.2 Å². The number of rotatable bonds is 6. The molecular formula is C13H17N3O2S2. The van der Waals surface area contributed by atoms with Gasteiger partial charge >= 0.3 is 0 Å². The van der Waals surface area contributed by atoms with Crippen molar-refractivity contribution in [3.63, 3.8) is 0 Å². The smallest absolute Gasteiger partial charge is 0.293 e. The van der Waals surface area contributed by atoms with Gasteiger partial charge in [0.15, 0.2) is 0 Å². The molecule has 0 fully saturated rings. The Morgan fingerprint density at radius 2 is 2.30 bits per heavy atom.